The lowest BCUT2D eigenvalue weighted by Crippen LogP contribution is -2.46. The molecule has 1 rings (SSSR count). The molecule has 18 heavy (non-hydrogen) atoms. The van der Waals surface area contributed by atoms with Gasteiger partial charge in [0.25, 0.3) is 6.10 Å². The maximum Gasteiger partial charge on any atom is 0.434 e. The monoisotopic (exact) mass is 274 g/mol. The van der Waals surface area contributed by atoms with Crippen LogP contribution in [0.5, 0.6) is 5.75 Å². The zero-order chi connectivity index (χ0) is 14.0. The zero-order valence-corrected chi connectivity index (χ0v) is 8.72. The average molecular weight is 274 g/mol. The van der Waals surface area contributed by atoms with Crippen LogP contribution in [0.15, 0.2) is 18.5 Å². The molecule has 0 atom stereocenters. The van der Waals surface area contributed by atoms with Crippen LogP contribution in [0.3, 0.4) is 0 Å². The van der Waals surface area contributed by atoms with E-state index in [2.05, 4.69) is 9.72 Å². The Morgan fingerprint density at radius 1 is 1.17 bits per heavy atom. The van der Waals surface area contributed by atoms with Gasteiger partial charge in [-0.3, -0.25) is 4.98 Å². The number of halogens is 6. The second kappa shape index (κ2) is 5.01. The van der Waals surface area contributed by atoms with E-state index in [0.717, 1.165) is 6.20 Å². The Balaban J connectivity index is 3.05. The summed E-state index contributed by atoms with van der Waals surface area (Å²) in [4.78, 5) is 3.40. The van der Waals surface area contributed by atoms with Crippen LogP contribution in [-0.2, 0) is 6.54 Å². The number of nitrogens with zero attached hydrogens (tertiary/aromatic N) is 1. The number of hydrogen-bond acceptors (Lipinski definition) is 3. The summed E-state index contributed by atoms with van der Waals surface area (Å²) in [6.45, 7) is -0.264. The highest BCUT2D eigenvalue weighted by Gasteiger charge is 2.59. The van der Waals surface area contributed by atoms with Gasteiger partial charge in [-0.25, -0.2) is 0 Å². The van der Waals surface area contributed by atoms with Crippen molar-refractivity contribution >= 4 is 0 Å². The Morgan fingerprint density at radius 2 is 1.72 bits per heavy atom. The van der Waals surface area contributed by atoms with Crippen LogP contribution >= 0.6 is 0 Å². The fourth-order valence-electron chi connectivity index (χ4n) is 1.13. The van der Waals surface area contributed by atoms with Gasteiger partial charge in [0.1, 0.15) is 5.75 Å². The van der Waals surface area contributed by atoms with Crippen molar-refractivity contribution in [1.82, 2.24) is 4.98 Å². The van der Waals surface area contributed by atoms with Gasteiger partial charge in [0.2, 0.25) is 0 Å². The molecule has 3 nitrogen and oxygen atoms in total. The van der Waals surface area contributed by atoms with Crippen molar-refractivity contribution in [2.24, 2.45) is 5.73 Å². The lowest BCUT2D eigenvalue weighted by atomic mass is 10.2. The molecule has 0 radical (unpaired) electrons. The maximum absolute atomic E-state index is 12.2. The first kappa shape index (κ1) is 14.6. The Kier molecular flexibility index (Phi) is 4.05. The van der Waals surface area contributed by atoms with Crippen LogP contribution in [0.1, 0.15) is 5.56 Å². The molecule has 0 aliphatic rings. The van der Waals surface area contributed by atoms with Gasteiger partial charge in [0.15, 0.2) is 0 Å². The standard InChI is InChI=1S/C9H8F6N2O/c10-8(11,12)7(9(13,14)15)18-6-4-17-2-1-5(6)3-16/h1-2,4,7H,3,16H2. The third-order valence-corrected chi connectivity index (χ3v) is 1.93. The number of aromatic nitrogens is 1. The second-order valence-corrected chi connectivity index (χ2v) is 3.27. The predicted octanol–water partition coefficient (Wildman–Crippen LogP) is 2.41. The van der Waals surface area contributed by atoms with Gasteiger partial charge in [-0.1, -0.05) is 0 Å². The van der Waals surface area contributed by atoms with E-state index >= 15 is 0 Å². The summed E-state index contributed by atoms with van der Waals surface area (Å²) in [5.41, 5.74) is 5.18. The van der Waals surface area contributed by atoms with Gasteiger partial charge in [0.05, 0.1) is 6.20 Å². The normalized spacial score (nSPS) is 12.9. The maximum atomic E-state index is 12.2. The van der Waals surface area contributed by atoms with E-state index in [0.29, 0.717) is 0 Å². The Labute approximate surface area is 97.6 Å². The van der Waals surface area contributed by atoms with Crippen molar-refractivity contribution in [3.8, 4) is 5.75 Å². The molecule has 0 unspecified atom stereocenters. The van der Waals surface area contributed by atoms with E-state index in [-0.39, 0.29) is 12.1 Å². The highest BCUT2D eigenvalue weighted by atomic mass is 19.4. The number of pyridine rings is 1. The Morgan fingerprint density at radius 3 is 2.17 bits per heavy atom. The van der Waals surface area contributed by atoms with Crippen molar-refractivity contribution in [1.29, 1.82) is 0 Å². The predicted molar refractivity (Wildman–Crippen MR) is 48.7 cm³/mol. The molecule has 0 bridgehead atoms. The second-order valence-electron chi connectivity index (χ2n) is 3.27. The van der Waals surface area contributed by atoms with Gasteiger partial charge < -0.3 is 10.5 Å². The molecule has 2 N–H and O–H groups in total. The van der Waals surface area contributed by atoms with Crippen molar-refractivity contribution < 1.29 is 31.1 Å². The van der Waals surface area contributed by atoms with Crippen LogP contribution in [0.2, 0.25) is 0 Å². The van der Waals surface area contributed by atoms with Gasteiger partial charge >= 0.3 is 12.4 Å². The molecule has 0 aliphatic carbocycles. The molecular formula is C9H8F6N2O. The van der Waals surface area contributed by atoms with Crippen molar-refractivity contribution in [2.75, 3.05) is 0 Å². The van der Waals surface area contributed by atoms with Crippen molar-refractivity contribution in [3.63, 3.8) is 0 Å². The molecule has 0 spiro atoms. The lowest BCUT2D eigenvalue weighted by molar-refractivity contribution is -0.300. The van der Waals surface area contributed by atoms with Crippen LogP contribution in [0.25, 0.3) is 0 Å². The minimum Gasteiger partial charge on any atom is -0.469 e. The minimum atomic E-state index is -5.57. The van der Waals surface area contributed by atoms with Crippen LogP contribution in [0.4, 0.5) is 26.3 Å². The summed E-state index contributed by atoms with van der Waals surface area (Å²) in [7, 11) is 0. The summed E-state index contributed by atoms with van der Waals surface area (Å²) in [6, 6.07) is 1.18. The first-order valence-electron chi connectivity index (χ1n) is 4.59. The fraction of sp³-hybridized carbons (Fsp3) is 0.444. The van der Waals surface area contributed by atoms with Gasteiger partial charge in [-0.2, -0.15) is 26.3 Å². The zero-order valence-electron chi connectivity index (χ0n) is 8.72. The van der Waals surface area contributed by atoms with E-state index in [1.165, 1.54) is 12.3 Å². The van der Waals surface area contributed by atoms with E-state index in [1.807, 2.05) is 0 Å². The number of rotatable bonds is 3. The SMILES string of the molecule is NCc1ccncc1OC(C(F)(F)F)C(F)(F)F. The highest BCUT2D eigenvalue weighted by Crippen LogP contribution is 2.36. The number of hydrogen-bond donors (Lipinski definition) is 1. The molecule has 1 heterocycles. The number of ether oxygens (including phenoxy) is 1. The van der Waals surface area contributed by atoms with Crippen LogP contribution in [-0.4, -0.2) is 23.4 Å². The third-order valence-electron chi connectivity index (χ3n) is 1.93. The van der Waals surface area contributed by atoms with E-state index < -0.39 is 24.2 Å². The van der Waals surface area contributed by atoms with Crippen molar-refractivity contribution in [3.05, 3.63) is 24.0 Å². The lowest BCUT2D eigenvalue weighted by Gasteiger charge is -2.24. The molecule has 9 heteroatoms. The molecule has 0 aromatic carbocycles. The molecule has 102 valence electrons. The molecule has 0 saturated carbocycles. The molecular weight excluding hydrogens is 266 g/mol. The molecule has 0 amide bonds. The largest absolute Gasteiger partial charge is 0.469 e. The minimum absolute atomic E-state index is 0.00324. The van der Waals surface area contributed by atoms with Crippen LogP contribution < -0.4 is 10.5 Å². The van der Waals surface area contributed by atoms with E-state index in [1.54, 1.807) is 0 Å². The van der Waals surface area contributed by atoms with Gasteiger partial charge in [-0.05, 0) is 6.07 Å². The first-order valence-corrected chi connectivity index (χ1v) is 4.59. The van der Waals surface area contributed by atoms with E-state index in [4.69, 9.17) is 5.73 Å². The van der Waals surface area contributed by atoms with Gasteiger partial charge in [-0.15, -0.1) is 0 Å². The number of alkyl halides is 6. The van der Waals surface area contributed by atoms with E-state index in [9.17, 15) is 26.3 Å². The van der Waals surface area contributed by atoms with Crippen molar-refractivity contribution in [2.45, 2.75) is 25.0 Å². The third kappa shape index (κ3) is 3.49. The molecule has 1 aromatic rings. The average Bonchev–Trinajstić information content (AvgIpc) is 2.23. The summed E-state index contributed by atoms with van der Waals surface area (Å²) in [6.07, 6.45) is -13.1. The smallest absolute Gasteiger partial charge is 0.434 e. The molecule has 0 fully saturated rings. The summed E-state index contributed by atoms with van der Waals surface area (Å²) < 4.78 is 77.4. The Bertz CT molecular complexity index is 389. The summed E-state index contributed by atoms with van der Waals surface area (Å²) >= 11 is 0. The van der Waals surface area contributed by atoms with Crippen LogP contribution in [0, 0.1) is 0 Å². The highest BCUT2D eigenvalue weighted by molar-refractivity contribution is 5.30. The quantitative estimate of drug-likeness (QED) is 0.861. The van der Waals surface area contributed by atoms with Gasteiger partial charge in [0, 0.05) is 18.3 Å². The first-order chi connectivity index (χ1) is 8.16. The molecule has 0 aliphatic heterocycles. The molecule has 1 aromatic heterocycles. The summed E-state index contributed by atoms with van der Waals surface area (Å²) in [5, 5.41) is 0. The number of nitrogens with two attached hydrogens (primary N) is 1. The fourth-order valence-corrected chi connectivity index (χ4v) is 1.13. The topological polar surface area (TPSA) is 48.1 Å². The summed E-state index contributed by atoms with van der Waals surface area (Å²) in [5.74, 6) is -0.639. The molecule has 0 saturated heterocycles. The Hall–Kier alpha value is -1.51.